The van der Waals surface area contributed by atoms with Crippen molar-refractivity contribution >= 4 is 27.5 Å². The molecule has 1 atom stereocenters. The summed E-state index contributed by atoms with van der Waals surface area (Å²) in [4.78, 5) is 12.8. The van der Waals surface area contributed by atoms with Crippen LogP contribution >= 0.6 is 11.6 Å². The van der Waals surface area contributed by atoms with Crippen molar-refractivity contribution in [3.8, 4) is 0 Å². The SMILES string of the molecule is C[C@@H](NC(=O)C1CCN(S(=O)(=O)Cc2ccccc2Cl)CC1)c1ccc(C(C)(C)C)cc1. The molecule has 0 spiro atoms. The van der Waals surface area contributed by atoms with Crippen molar-refractivity contribution in [1.82, 2.24) is 9.62 Å². The van der Waals surface area contributed by atoms with Gasteiger partial charge in [0.25, 0.3) is 0 Å². The second-order valence-corrected chi connectivity index (χ2v) is 12.0. The molecule has 7 heteroatoms. The van der Waals surface area contributed by atoms with Crippen molar-refractivity contribution in [2.24, 2.45) is 5.92 Å². The number of carbonyl (C=O) groups is 1. The molecule has 1 aliphatic heterocycles. The molecule has 1 fully saturated rings. The third-order valence-electron chi connectivity index (χ3n) is 6.15. The Labute approximate surface area is 197 Å². The largest absolute Gasteiger partial charge is 0.349 e. The van der Waals surface area contributed by atoms with Gasteiger partial charge in [0, 0.05) is 24.0 Å². The van der Waals surface area contributed by atoms with Crippen LogP contribution in [-0.4, -0.2) is 31.7 Å². The number of amides is 1. The molecule has 0 bridgehead atoms. The Morgan fingerprint density at radius 1 is 1.09 bits per heavy atom. The highest BCUT2D eigenvalue weighted by Crippen LogP contribution is 2.26. The van der Waals surface area contributed by atoms with E-state index < -0.39 is 10.0 Å². The van der Waals surface area contributed by atoms with Gasteiger partial charge < -0.3 is 5.32 Å². The molecule has 174 valence electrons. The standard InChI is InChI=1S/C25H33ClN2O3S/c1-18(19-9-11-22(12-10-19)25(2,3)4)27-24(29)20-13-15-28(16-14-20)32(30,31)17-21-7-5-6-8-23(21)26/h5-12,18,20H,13-17H2,1-4H3,(H,27,29)/t18-/m1/s1. The molecule has 0 radical (unpaired) electrons. The van der Waals surface area contributed by atoms with Crippen LogP contribution in [0.1, 0.15) is 63.3 Å². The van der Waals surface area contributed by atoms with E-state index in [0.29, 0.717) is 36.5 Å². The third kappa shape index (κ3) is 6.12. The Balaban J connectivity index is 1.54. The van der Waals surface area contributed by atoms with Crippen LogP contribution in [0.15, 0.2) is 48.5 Å². The number of hydrogen-bond acceptors (Lipinski definition) is 3. The summed E-state index contributed by atoms with van der Waals surface area (Å²) in [6.07, 6.45) is 1.03. The van der Waals surface area contributed by atoms with E-state index in [-0.39, 0.29) is 29.0 Å². The van der Waals surface area contributed by atoms with E-state index in [1.54, 1.807) is 24.3 Å². The first-order valence-electron chi connectivity index (χ1n) is 11.1. The fourth-order valence-electron chi connectivity index (χ4n) is 3.99. The summed E-state index contributed by atoms with van der Waals surface area (Å²) in [5, 5.41) is 3.55. The molecule has 0 unspecified atom stereocenters. The number of piperidine rings is 1. The first kappa shape index (κ1) is 24.7. The lowest BCUT2D eigenvalue weighted by Gasteiger charge is -2.31. The summed E-state index contributed by atoms with van der Waals surface area (Å²) >= 11 is 6.13. The molecule has 32 heavy (non-hydrogen) atoms. The topological polar surface area (TPSA) is 66.5 Å². The van der Waals surface area contributed by atoms with Crippen molar-refractivity contribution in [2.45, 2.75) is 57.7 Å². The van der Waals surface area contributed by atoms with Crippen LogP contribution in [0.25, 0.3) is 0 Å². The minimum atomic E-state index is -3.47. The fourth-order valence-corrected chi connectivity index (χ4v) is 5.86. The lowest BCUT2D eigenvalue weighted by molar-refractivity contribution is -0.126. The summed E-state index contributed by atoms with van der Waals surface area (Å²) < 4.78 is 27.1. The van der Waals surface area contributed by atoms with Gasteiger partial charge in [-0.2, -0.15) is 0 Å². The van der Waals surface area contributed by atoms with Gasteiger partial charge >= 0.3 is 0 Å². The van der Waals surface area contributed by atoms with Gasteiger partial charge in [-0.05, 0) is 47.9 Å². The average molecular weight is 477 g/mol. The Kier molecular flexibility index (Phi) is 7.69. The normalized spacial score (nSPS) is 17.2. The quantitative estimate of drug-likeness (QED) is 0.633. The zero-order valence-electron chi connectivity index (χ0n) is 19.3. The minimum absolute atomic E-state index is 0.0134. The molecule has 0 aromatic heterocycles. The summed E-state index contributed by atoms with van der Waals surface area (Å²) in [6.45, 7) is 9.20. The fraction of sp³-hybridized carbons (Fsp3) is 0.480. The van der Waals surface area contributed by atoms with Crippen LogP contribution in [-0.2, 0) is 26.0 Å². The summed E-state index contributed by atoms with van der Waals surface area (Å²) in [7, 11) is -3.47. The van der Waals surface area contributed by atoms with Crippen molar-refractivity contribution < 1.29 is 13.2 Å². The second-order valence-electron chi connectivity index (χ2n) is 9.62. The molecule has 2 aromatic carbocycles. The monoisotopic (exact) mass is 476 g/mol. The molecule has 1 saturated heterocycles. The first-order valence-corrected chi connectivity index (χ1v) is 13.1. The van der Waals surface area contributed by atoms with E-state index in [1.807, 2.05) is 6.92 Å². The van der Waals surface area contributed by atoms with Gasteiger partial charge in [-0.3, -0.25) is 4.79 Å². The zero-order valence-corrected chi connectivity index (χ0v) is 20.8. The Morgan fingerprint density at radius 2 is 1.69 bits per heavy atom. The lowest BCUT2D eigenvalue weighted by Crippen LogP contribution is -2.43. The van der Waals surface area contributed by atoms with Gasteiger partial charge in [0.15, 0.2) is 0 Å². The highest BCUT2D eigenvalue weighted by atomic mass is 35.5. The number of halogens is 1. The maximum Gasteiger partial charge on any atom is 0.223 e. The second kappa shape index (κ2) is 9.94. The van der Waals surface area contributed by atoms with Crippen LogP contribution < -0.4 is 5.32 Å². The highest BCUT2D eigenvalue weighted by Gasteiger charge is 2.32. The summed E-state index contributed by atoms with van der Waals surface area (Å²) in [5.41, 5.74) is 3.00. The Hall–Kier alpha value is -1.89. The van der Waals surface area contributed by atoms with E-state index in [2.05, 4.69) is 50.4 Å². The smallest absolute Gasteiger partial charge is 0.223 e. The van der Waals surface area contributed by atoms with Crippen LogP contribution in [0, 0.1) is 5.92 Å². The summed E-state index contributed by atoms with van der Waals surface area (Å²) in [6, 6.07) is 15.2. The van der Waals surface area contributed by atoms with Crippen LogP contribution in [0.3, 0.4) is 0 Å². The van der Waals surface area contributed by atoms with Crippen molar-refractivity contribution in [1.29, 1.82) is 0 Å². The van der Waals surface area contributed by atoms with Gasteiger partial charge in [0.1, 0.15) is 0 Å². The molecule has 0 aliphatic carbocycles. The van der Waals surface area contributed by atoms with Crippen molar-refractivity contribution in [2.75, 3.05) is 13.1 Å². The van der Waals surface area contributed by atoms with E-state index >= 15 is 0 Å². The molecule has 2 aromatic rings. The Bertz CT molecular complexity index is 1040. The van der Waals surface area contributed by atoms with Crippen LogP contribution in [0.5, 0.6) is 0 Å². The maximum atomic E-state index is 12.8. The number of sulfonamides is 1. The molecule has 3 rings (SSSR count). The molecule has 1 aliphatic rings. The van der Waals surface area contributed by atoms with Gasteiger partial charge in [0.2, 0.25) is 15.9 Å². The number of benzene rings is 2. The molecule has 1 amide bonds. The average Bonchev–Trinajstić information content (AvgIpc) is 2.75. The van der Waals surface area contributed by atoms with Gasteiger partial charge in [0.05, 0.1) is 11.8 Å². The number of nitrogens with one attached hydrogen (secondary N) is 1. The number of rotatable bonds is 6. The van der Waals surface area contributed by atoms with E-state index in [1.165, 1.54) is 9.87 Å². The zero-order chi connectivity index (χ0) is 23.5. The van der Waals surface area contributed by atoms with E-state index in [9.17, 15) is 13.2 Å². The molecule has 1 N–H and O–H groups in total. The predicted octanol–water partition coefficient (Wildman–Crippen LogP) is 5.06. The van der Waals surface area contributed by atoms with Crippen LogP contribution in [0.4, 0.5) is 0 Å². The van der Waals surface area contributed by atoms with E-state index in [4.69, 9.17) is 11.6 Å². The Morgan fingerprint density at radius 3 is 2.25 bits per heavy atom. The van der Waals surface area contributed by atoms with Crippen LogP contribution in [0.2, 0.25) is 5.02 Å². The summed E-state index contributed by atoms with van der Waals surface area (Å²) in [5.74, 6) is -0.316. The minimum Gasteiger partial charge on any atom is -0.349 e. The van der Waals surface area contributed by atoms with Crippen molar-refractivity contribution in [3.63, 3.8) is 0 Å². The number of nitrogens with zero attached hydrogens (tertiary/aromatic N) is 1. The van der Waals surface area contributed by atoms with Gasteiger partial charge in [-0.1, -0.05) is 74.8 Å². The van der Waals surface area contributed by atoms with Crippen molar-refractivity contribution in [3.05, 3.63) is 70.2 Å². The van der Waals surface area contributed by atoms with E-state index in [0.717, 1.165) is 5.56 Å². The predicted molar refractivity (Wildman–Crippen MR) is 130 cm³/mol. The first-order chi connectivity index (χ1) is 15.0. The number of hydrogen-bond donors (Lipinski definition) is 1. The number of carbonyl (C=O) groups excluding carboxylic acids is 1. The van der Waals surface area contributed by atoms with Gasteiger partial charge in [-0.15, -0.1) is 0 Å². The molecule has 0 saturated carbocycles. The van der Waals surface area contributed by atoms with Gasteiger partial charge in [-0.25, -0.2) is 12.7 Å². The highest BCUT2D eigenvalue weighted by molar-refractivity contribution is 7.88. The maximum absolute atomic E-state index is 12.8. The molecular weight excluding hydrogens is 444 g/mol. The third-order valence-corrected chi connectivity index (χ3v) is 8.35. The molecule has 1 heterocycles. The molecular formula is C25H33ClN2O3S. The lowest BCUT2D eigenvalue weighted by atomic mass is 9.86. The molecule has 5 nitrogen and oxygen atoms in total.